The van der Waals surface area contributed by atoms with E-state index < -0.39 is 16.3 Å². The van der Waals surface area contributed by atoms with Gasteiger partial charge in [0.05, 0.1) is 11.0 Å². The lowest BCUT2D eigenvalue weighted by atomic mass is 10.2. The minimum Gasteiger partial charge on any atom is -0.392 e. The van der Waals surface area contributed by atoms with Gasteiger partial charge < -0.3 is 5.73 Å². The molecule has 17 heavy (non-hydrogen) atoms. The van der Waals surface area contributed by atoms with Crippen LogP contribution in [0.2, 0.25) is 0 Å². The summed E-state index contributed by atoms with van der Waals surface area (Å²) in [7, 11) is -1.90. The molecule has 1 atom stereocenters. The Kier molecular flexibility index (Phi) is 5.30. The summed E-state index contributed by atoms with van der Waals surface area (Å²) in [5.41, 5.74) is 5.50. The van der Waals surface area contributed by atoms with Crippen LogP contribution in [0.4, 0.5) is 0 Å². The van der Waals surface area contributed by atoms with Gasteiger partial charge in [-0.05, 0) is 19.8 Å². The second kappa shape index (κ2) is 6.08. The lowest BCUT2D eigenvalue weighted by molar-refractivity contribution is 0.357. The quantitative estimate of drug-likeness (QED) is 0.770. The molecule has 0 amide bonds. The zero-order valence-electron chi connectivity index (χ0n) is 10.4. The highest BCUT2D eigenvalue weighted by Gasteiger charge is 2.31. The maximum Gasteiger partial charge on any atom is 0.282 e. The largest absolute Gasteiger partial charge is 0.392 e. The molecule has 0 saturated carbocycles. The van der Waals surface area contributed by atoms with Crippen LogP contribution in [-0.2, 0) is 10.2 Å². The van der Waals surface area contributed by atoms with Crippen LogP contribution in [0.1, 0.15) is 32.6 Å². The minimum absolute atomic E-state index is 0.200. The van der Waals surface area contributed by atoms with E-state index in [-0.39, 0.29) is 4.99 Å². The number of rotatable bonds is 4. The predicted octanol–water partition coefficient (Wildman–Crippen LogP) is 0.714. The fourth-order valence-electron chi connectivity index (χ4n) is 1.83. The number of nitrogens with zero attached hydrogens (tertiary/aromatic N) is 2. The number of nitrogens with two attached hydrogens (primary N) is 1. The smallest absolute Gasteiger partial charge is 0.282 e. The van der Waals surface area contributed by atoms with Crippen molar-refractivity contribution >= 4 is 27.4 Å². The van der Waals surface area contributed by atoms with Gasteiger partial charge in [0.15, 0.2) is 0 Å². The first-order valence-corrected chi connectivity index (χ1v) is 7.70. The molecule has 1 rings (SSSR count). The van der Waals surface area contributed by atoms with E-state index in [4.69, 9.17) is 18.0 Å². The van der Waals surface area contributed by atoms with Crippen molar-refractivity contribution in [1.29, 1.82) is 0 Å². The molecule has 1 saturated heterocycles. The zero-order valence-corrected chi connectivity index (χ0v) is 12.1. The van der Waals surface area contributed by atoms with Crippen molar-refractivity contribution in [2.24, 2.45) is 5.73 Å². The molecule has 5 nitrogen and oxygen atoms in total. The van der Waals surface area contributed by atoms with E-state index in [0.717, 1.165) is 25.7 Å². The maximum atomic E-state index is 12.3. The molecule has 0 radical (unpaired) electrons. The van der Waals surface area contributed by atoms with Gasteiger partial charge in [-0.1, -0.05) is 25.1 Å². The molecule has 100 valence electrons. The van der Waals surface area contributed by atoms with E-state index in [1.807, 2.05) is 0 Å². The molecule has 0 bridgehead atoms. The number of likely N-dealkylation sites (N-methyl/N-ethyl adjacent to an activating group) is 1. The Morgan fingerprint density at radius 2 is 1.76 bits per heavy atom. The summed E-state index contributed by atoms with van der Waals surface area (Å²) in [6, 6.07) is -0.446. The van der Waals surface area contributed by atoms with Crippen molar-refractivity contribution in [2.45, 2.75) is 38.6 Å². The molecule has 0 aliphatic carbocycles. The van der Waals surface area contributed by atoms with Gasteiger partial charge in [-0.15, -0.1) is 0 Å². The molecule has 0 aromatic rings. The van der Waals surface area contributed by atoms with Gasteiger partial charge in [-0.25, -0.2) is 0 Å². The summed E-state index contributed by atoms with van der Waals surface area (Å²) in [5.74, 6) is 0. The Labute approximate surface area is 109 Å². The average Bonchev–Trinajstić information content (AvgIpc) is 2.55. The summed E-state index contributed by atoms with van der Waals surface area (Å²) in [6.45, 7) is 2.89. The van der Waals surface area contributed by atoms with E-state index in [1.54, 1.807) is 6.92 Å². The highest BCUT2D eigenvalue weighted by atomic mass is 32.2. The van der Waals surface area contributed by atoms with Crippen molar-refractivity contribution in [3.8, 4) is 0 Å². The van der Waals surface area contributed by atoms with E-state index in [1.165, 1.54) is 15.7 Å². The van der Waals surface area contributed by atoms with Crippen molar-refractivity contribution < 1.29 is 8.42 Å². The lowest BCUT2D eigenvalue weighted by Gasteiger charge is -2.29. The normalized spacial score (nSPS) is 21.1. The first-order chi connectivity index (χ1) is 7.87. The lowest BCUT2D eigenvalue weighted by Crippen LogP contribution is -2.49. The average molecular weight is 279 g/mol. The first kappa shape index (κ1) is 14.8. The van der Waals surface area contributed by atoms with Crippen LogP contribution in [0.25, 0.3) is 0 Å². The van der Waals surface area contributed by atoms with Gasteiger partial charge in [-0.2, -0.15) is 17.0 Å². The summed E-state index contributed by atoms with van der Waals surface area (Å²) in [5, 5.41) is 0. The second-order valence-corrected chi connectivity index (χ2v) is 6.88. The molecule has 1 unspecified atom stereocenters. The molecule has 0 aromatic heterocycles. The summed E-state index contributed by atoms with van der Waals surface area (Å²) < 4.78 is 27.4. The van der Waals surface area contributed by atoms with Crippen LogP contribution in [0.15, 0.2) is 0 Å². The van der Waals surface area contributed by atoms with Crippen LogP contribution in [-0.4, -0.2) is 48.2 Å². The highest BCUT2D eigenvalue weighted by Crippen LogP contribution is 2.17. The topological polar surface area (TPSA) is 66.6 Å². The van der Waals surface area contributed by atoms with Gasteiger partial charge in [0.25, 0.3) is 10.2 Å². The van der Waals surface area contributed by atoms with Crippen molar-refractivity contribution in [1.82, 2.24) is 8.61 Å². The van der Waals surface area contributed by atoms with E-state index in [0.29, 0.717) is 13.1 Å². The molecular weight excluding hydrogens is 258 g/mol. The molecule has 1 fully saturated rings. The van der Waals surface area contributed by atoms with Crippen LogP contribution in [0, 0.1) is 0 Å². The van der Waals surface area contributed by atoms with Gasteiger partial charge >= 0.3 is 0 Å². The fourth-order valence-corrected chi connectivity index (χ4v) is 3.66. The van der Waals surface area contributed by atoms with Gasteiger partial charge in [0, 0.05) is 20.1 Å². The number of hydrogen-bond acceptors (Lipinski definition) is 3. The fraction of sp³-hybridized carbons (Fsp3) is 0.900. The third-order valence-electron chi connectivity index (χ3n) is 3.21. The van der Waals surface area contributed by atoms with Crippen LogP contribution in [0.5, 0.6) is 0 Å². The third-order valence-corrected chi connectivity index (χ3v) is 5.62. The van der Waals surface area contributed by atoms with E-state index >= 15 is 0 Å². The molecule has 1 aliphatic rings. The Bertz CT molecular complexity index is 362. The zero-order chi connectivity index (χ0) is 13.1. The molecule has 1 aliphatic heterocycles. The van der Waals surface area contributed by atoms with Crippen LogP contribution in [0.3, 0.4) is 0 Å². The Morgan fingerprint density at radius 1 is 1.29 bits per heavy atom. The summed E-state index contributed by atoms with van der Waals surface area (Å²) in [6.07, 6.45) is 4.05. The number of thiocarbonyl (C=S) groups is 1. The maximum absolute atomic E-state index is 12.3. The molecule has 7 heteroatoms. The van der Waals surface area contributed by atoms with Crippen LogP contribution >= 0.6 is 12.2 Å². The standard InChI is InChI=1S/C10H21N3O2S2/c1-9(10(11)16)12(2)17(14,15)13-7-5-3-4-6-8-13/h9H,3-8H2,1-2H3,(H2,11,16). The molecule has 0 aromatic carbocycles. The third kappa shape index (κ3) is 3.61. The minimum atomic E-state index is -3.43. The van der Waals surface area contributed by atoms with Crippen molar-refractivity contribution in [2.75, 3.05) is 20.1 Å². The monoisotopic (exact) mass is 279 g/mol. The summed E-state index contributed by atoms with van der Waals surface area (Å²) in [4.78, 5) is 0.200. The number of hydrogen-bond donors (Lipinski definition) is 1. The van der Waals surface area contributed by atoms with Crippen molar-refractivity contribution in [3.63, 3.8) is 0 Å². The molecule has 2 N–H and O–H groups in total. The van der Waals surface area contributed by atoms with E-state index in [2.05, 4.69) is 0 Å². The molecule has 0 spiro atoms. The Morgan fingerprint density at radius 3 is 2.18 bits per heavy atom. The highest BCUT2D eigenvalue weighted by molar-refractivity contribution is 7.87. The Balaban J connectivity index is 2.81. The molecular formula is C10H21N3O2S2. The van der Waals surface area contributed by atoms with Gasteiger partial charge in [0.2, 0.25) is 0 Å². The van der Waals surface area contributed by atoms with Gasteiger partial charge in [-0.3, -0.25) is 0 Å². The van der Waals surface area contributed by atoms with Gasteiger partial charge in [0.1, 0.15) is 0 Å². The van der Waals surface area contributed by atoms with Crippen molar-refractivity contribution in [3.05, 3.63) is 0 Å². The summed E-state index contributed by atoms with van der Waals surface area (Å²) >= 11 is 4.84. The second-order valence-electron chi connectivity index (χ2n) is 4.42. The van der Waals surface area contributed by atoms with E-state index in [9.17, 15) is 8.42 Å². The Hall–Kier alpha value is -0.240. The predicted molar refractivity (Wildman–Crippen MR) is 73.0 cm³/mol. The SMILES string of the molecule is CC(C(N)=S)N(C)S(=O)(=O)N1CCCCCC1. The first-order valence-electron chi connectivity index (χ1n) is 5.90. The molecule has 1 heterocycles. The van der Waals surface area contributed by atoms with Crippen LogP contribution < -0.4 is 5.73 Å².